The molecule has 0 radical (unpaired) electrons. The van der Waals surface area contributed by atoms with Crippen LogP contribution in [0.3, 0.4) is 0 Å². The highest BCUT2D eigenvalue weighted by Crippen LogP contribution is 2.25. The van der Waals surface area contributed by atoms with E-state index in [0.29, 0.717) is 10.9 Å². The van der Waals surface area contributed by atoms with E-state index in [0.717, 1.165) is 34.7 Å². The van der Waals surface area contributed by atoms with Gasteiger partial charge in [-0.15, -0.1) is 11.3 Å². The molecule has 0 fully saturated rings. The molecule has 0 aliphatic rings. The maximum Gasteiger partial charge on any atom is 0.226 e. The second-order valence-electron chi connectivity index (χ2n) is 7.21. The molecule has 1 unspecified atom stereocenters. The van der Waals surface area contributed by atoms with Gasteiger partial charge in [-0.3, -0.25) is 9.78 Å². The number of amides is 1. The van der Waals surface area contributed by atoms with Gasteiger partial charge in [0.05, 0.1) is 18.2 Å². The van der Waals surface area contributed by atoms with E-state index in [4.69, 9.17) is 11.6 Å². The molecule has 3 aromatic rings. The van der Waals surface area contributed by atoms with Crippen molar-refractivity contribution in [2.45, 2.75) is 39.2 Å². The first-order valence-corrected chi connectivity index (χ1v) is 10.7. The van der Waals surface area contributed by atoms with Crippen molar-refractivity contribution in [3.05, 3.63) is 70.5 Å². The molecule has 0 aliphatic carbocycles. The van der Waals surface area contributed by atoms with Gasteiger partial charge in [0.1, 0.15) is 5.01 Å². The molecule has 1 aromatic carbocycles. The third-order valence-corrected chi connectivity index (χ3v) is 5.63. The highest BCUT2D eigenvalue weighted by Gasteiger charge is 2.17. The average molecular weight is 414 g/mol. The lowest BCUT2D eigenvalue weighted by molar-refractivity contribution is -0.121. The number of carbonyl (C=O) groups excluding carboxylic acids is 1. The molecule has 1 N–H and O–H groups in total. The summed E-state index contributed by atoms with van der Waals surface area (Å²) in [5.74, 6) is 0.555. The predicted octanol–water partition coefficient (Wildman–Crippen LogP) is 5.69. The van der Waals surface area contributed by atoms with Crippen LogP contribution in [0.5, 0.6) is 0 Å². The number of carbonyl (C=O) groups is 1. The summed E-state index contributed by atoms with van der Waals surface area (Å²) >= 11 is 7.54. The number of nitrogens with zero attached hydrogens (tertiary/aromatic N) is 2. The van der Waals surface area contributed by atoms with Gasteiger partial charge in [0.25, 0.3) is 0 Å². The van der Waals surface area contributed by atoms with Crippen LogP contribution < -0.4 is 5.32 Å². The molecule has 1 atom stereocenters. The molecule has 0 bridgehead atoms. The number of hydrogen-bond donors (Lipinski definition) is 1. The van der Waals surface area contributed by atoms with E-state index in [2.05, 4.69) is 29.1 Å². The van der Waals surface area contributed by atoms with Crippen LogP contribution in [0.1, 0.15) is 44.0 Å². The zero-order chi connectivity index (χ0) is 19.9. The maximum atomic E-state index is 12.7. The van der Waals surface area contributed by atoms with E-state index < -0.39 is 0 Å². The summed E-state index contributed by atoms with van der Waals surface area (Å²) in [5.41, 5.74) is 2.82. The Morgan fingerprint density at radius 2 is 1.96 bits per heavy atom. The Bertz CT molecular complexity index is 894. The summed E-state index contributed by atoms with van der Waals surface area (Å²) in [6.07, 6.45) is 5.71. The van der Waals surface area contributed by atoms with Gasteiger partial charge in [0.2, 0.25) is 5.91 Å². The van der Waals surface area contributed by atoms with Crippen LogP contribution in [0.25, 0.3) is 10.6 Å². The Kier molecular flexibility index (Phi) is 7.18. The Morgan fingerprint density at radius 3 is 2.64 bits per heavy atom. The number of thiazole rings is 1. The SMILES string of the molecule is CC(C)CCC(NC(=O)Cc1csc(-c2cccnc2)n1)c1ccc(Cl)cc1. The summed E-state index contributed by atoms with van der Waals surface area (Å²) < 4.78 is 0. The highest BCUT2D eigenvalue weighted by atomic mass is 35.5. The molecule has 0 saturated carbocycles. The second-order valence-corrected chi connectivity index (χ2v) is 8.50. The fourth-order valence-corrected chi connectivity index (χ4v) is 3.87. The first-order chi connectivity index (χ1) is 13.5. The van der Waals surface area contributed by atoms with Crippen LogP contribution in [0, 0.1) is 5.92 Å². The number of hydrogen-bond acceptors (Lipinski definition) is 4. The molecule has 3 rings (SSSR count). The Morgan fingerprint density at radius 1 is 1.18 bits per heavy atom. The van der Waals surface area contributed by atoms with Crippen LogP contribution >= 0.6 is 22.9 Å². The van der Waals surface area contributed by atoms with E-state index >= 15 is 0 Å². The Labute approximate surface area is 175 Å². The second kappa shape index (κ2) is 9.80. The van der Waals surface area contributed by atoms with Crippen LogP contribution in [0.15, 0.2) is 54.2 Å². The van der Waals surface area contributed by atoms with Gasteiger partial charge in [0, 0.05) is 28.4 Å². The quantitative estimate of drug-likeness (QED) is 0.515. The minimum absolute atomic E-state index is 0.0215. The number of halogens is 1. The topological polar surface area (TPSA) is 54.9 Å². The van der Waals surface area contributed by atoms with Crippen molar-refractivity contribution < 1.29 is 4.79 Å². The normalized spacial score (nSPS) is 12.1. The summed E-state index contributed by atoms with van der Waals surface area (Å²) in [7, 11) is 0. The molecule has 4 nitrogen and oxygen atoms in total. The van der Waals surface area contributed by atoms with Gasteiger partial charge in [-0.2, -0.15) is 0 Å². The smallest absolute Gasteiger partial charge is 0.226 e. The van der Waals surface area contributed by atoms with E-state index in [1.807, 2.05) is 41.8 Å². The lowest BCUT2D eigenvalue weighted by Gasteiger charge is -2.20. The zero-order valence-electron chi connectivity index (χ0n) is 16.1. The average Bonchev–Trinajstić information content (AvgIpc) is 3.15. The molecule has 0 aliphatic heterocycles. The molecule has 0 saturated heterocycles. The van der Waals surface area contributed by atoms with Crippen LogP contribution in [0.4, 0.5) is 0 Å². The number of aromatic nitrogens is 2. The monoisotopic (exact) mass is 413 g/mol. The molecular formula is C22H24ClN3OS. The Hall–Kier alpha value is -2.24. The van der Waals surface area contributed by atoms with Crippen molar-refractivity contribution in [1.82, 2.24) is 15.3 Å². The van der Waals surface area contributed by atoms with E-state index in [9.17, 15) is 4.79 Å². The van der Waals surface area contributed by atoms with Gasteiger partial charge >= 0.3 is 0 Å². The molecule has 1 amide bonds. The molecule has 2 heterocycles. The molecule has 6 heteroatoms. The minimum Gasteiger partial charge on any atom is -0.349 e. The maximum absolute atomic E-state index is 12.7. The number of pyridine rings is 1. The van der Waals surface area contributed by atoms with E-state index in [1.54, 1.807) is 12.4 Å². The molecular weight excluding hydrogens is 390 g/mol. The van der Waals surface area contributed by atoms with Gasteiger partial charge in [-0.1, -0.05) is 37.6 Å². The molecule has 28 heavy (non-hydrogen) atoms. The van der Waals surface area contributed by atoms with Gasteiger partial charge < -0.3 is 5.32 Å². The molecule has 146 valence electrons. The van der Waals surface area contributed by atoms with E-state index in [-0.39, 0.29) is 18.4 Å². The number of nitrogens with one attached hydrogen (secondary N) is 1. The van der Waals surface area contributed by atoms with Crippen molar-refractivity contribution in [2.24, 2.45) is 5.92 Å². The third kappa shape index (κ3) is 5.88. The van der Waals surface area contributed by atoms with Crippen LogP contribution in [-0.2, 0) is 11.2 Å². The van der Waals surface area contributed by atoms with Gasteiger partial charge in [-0.25, -0.2) is 4.98 Å². The fraction of sp³-hybridized carbons (Fsp3) is 0.318. The predicted molar refractivity (Wildman–Crippen MR) is 115 cm³/mol. The number of rotatable bonds is 8. The molecule has 0 spiro atoms. The largest absolute Gasteiger partial charge is 0.349 e. The summed E-state index contributed by atoms with van der Waals surface area (Å²) in [4.78, 5) is 21.4. The lowest BCUT2D eigenvalue weighted by atomic mass is 9.97. The van der Waals surface area contributed by atoms with Crippen molar-refractivity contribution in [3.8, 4) is 10.6 Å². The molecule has 2 aromatic heterocycles. The van der Waals surface area contributed by atoms with Crippen LogP contribution in [-0.4, -0.2) is 15.9 Å². The first-order valence-electron chi connectivity index (χ1n) is 9.41. The Balaban J connectivity index is 1.66. The van der Waals surface area contributed by atoms with Crippen molar-refractivity contribution in [3.63, 3.8) is 0 Å². The van der Waals surface area contributed by atoms with E-state index in [1.165, 1.54) is 11.3 Å². The minimum atomic E-state index is -0.0244. The van der Waals surface area contributed by atoms with Crippen molar-refractivity contribution in [1.29, 1.82) is 0 Å². The highest BCUT2D eigenvalue weighted by molar-refractivity contribution is 7.13. The van der Waals surface area contributed by atoms with Gasteiger partial charge in [0.15, 0.2) is 0 Å². The van der Waals surface area contributed by atoms with Crippen molar-refractivity contribution in [2.75, 3.05) is 0 Å². The lowest BCUT2D eigenvalue weighted by Crippen LogP contribution is -2.30. The zero-order valence-corrected chi connectivity index (χ0v) is 17.6. The fourth-order valence-electron chi connectivity index (χ4n) is 2.94. The summed E-state index contributed by atoms with van der Waals surface area (Å²) in [6, 6.07) is 11.5. The third-order valence-electron chi connectivity index (χ3n) is 4.44. The first kappa shape index (κ1) is 20.5. The van der Waals surface area contributed by atoms with Crippen molar-refractivity contribution >= 4 is 28.8 Å². The summed E-state index contributed by atoms with van der Waals surface area (Å²) in [6.45, 7) is 4.38. The van der Waals surface area contributed by atoms with Crippen LogP contribution in [0.2, 0.25) is 5.02 Å². The standard InChI is InChI=1S/C22H24ClN3OS/c1-15(2)5-10-20(16-6-8-18(23)9-7-16)26-21(27)12-19-14-28-22(25-19)17-4-3-11-24-13-17/h3-4,6-9,11,13-15,20H,5,10,12H2,1-2H3,(H,26,27). The summed E-state index contributed by atoms with van der Waals surface area (Å²) in [5, 5.41) is 6.69. The van der Waals surface area contributed by atoms with Gasteiger partial charge in [-0.05, 0) is 48.6 Å². The number of benzene rings is 1.